The molecule has 0 aliphatic heterocycles. The molecular formula is C25H17ClF3N3O2. The van der Waals surface area contributed by atoms with Gasteiger partial charge < -0.3 is 10.1 Å². The summed E-state index contributed by atoms with van der Waals surface area (Å²) in [6.45, 7) is 0.177. The van der Waals surface area contributed by atoms with Crippen LogP contribution in [0.15, 0.2) is 72.9 Å². The Kier molecular flexibility index (Phi) is 6.79. The number of rotatable bonds is 6. The summed E-state index contributed by atoms with van der Waals surface area (Å²) >= 11 is 6.36. The summed E-state index contributed by atoms with van der Waals surface area (Å²) in [5.74, 6) is -0.938. The molecule has 5 nitrogen and oxygen atoms in total. The zero-order valence-corrected chi connectivity index (χ0v) is 18.3. The van der Waals surface area contributed by atoms with Gasteiger partial charge in [-0.3, -0.25) is 9.78 Å². The van der Waals surface area contributed by atoms with Crippen molar-refractivity contribution in [2.45, 2.75) is 12.9 Å². The maximum atomic E-state index is 12.9. The van der Waals surface area contributed by atoms with Crippen LogP contribution in [0.2, 0.25) is 5.02 Å². The van der Waals surface area contributed by atoms with Gasteiger partial charge >= 0.3 is 6.36 Å². The fourth-order valence-corrected chi connectivity index (χ4v) is 3.48. The van der Waals surface area contributed by atoms with E-state index in [1.165, 1.54) is 12.1 Å². The Balaban J connectivity index is 1.73. The molecule has 0 spiro atoms. The van der Waals surface area contributed by atoms with Crippen LogP contribution in [-0.4, -0.2) is 22.2 Å². The number of carbonyl (C=O) groups excluding carboxylic acids is 1. The van der Waals surface area contributed by atoms with Crippen molar-refractivity contribution >= 4 is 40.6 Å². The summed E-state index contributed by atoms with van der Waals surface area (Å²) in [5.41, 5.74) is 2.07. The lowest BCUT2D eigenvalue weighted by Gasteiger charge is -2.13. The van der Waals surface area contributed by atoms with Crippen molar-refractivity contribution in [3.63, 3.8) is 0 Å². The molecule has 1 amide bonds. The highest BCUT2D eigenvalue weighted by Crippen LogP contribution is 2.33. The number of nitrogens with one attached hydrogen (secondary N) is 1. The number of fused-ring (bicyclic) bond motifs is 1. The normalized spacial score (nSPS) is 11.6. The lowest BCUT2D eigenvalue weighted by molar-refractivity contribution is -0.274. The van der Waals surface area contributed by atoms with Crippen molar-refractivity contribution in [2.75, 3.05) is 0 Å². The van der Waals surface area contributed by atoms with Crippen molar-refractivity contribution in [2.24, 2.45) is 0 Å². The van der Waals surface area contributed by atoms with Gasteiger partial charge in [0.2, 0.25) is 0 Å². The minimum atomic E-state index is -4.88. The van der Waals surface area contributed by atoms with E-state index in [2.05, 4.69) is 20.0 Å². The monoisotopic (exact) mass is 483 g/mol. The Morgan fingerprint density at radius 2 is 1.79 bits per heavy atom. The second kappa shape index (κ2) is 9.93. The minimum absolute atomic E-state index is 0.0206. The Hall–Kier alpha value is -3.91. The quantitative estimate of drug-likeness (QED) is 0.328. The summed E-state index contributed by atoms with van der Waals surface area (Å²) in [5, 5.41) is 3.00. The maximum Gasteiger partial charge on any atom is 0.573 e. The third-order valence-electron chi connectivity index (χ3n) is 4.74. The van der Waals surface area contributed by atoms with Gasteiger partial charge in [-0.1, -0.05) is 60.2 Å². The number of pyridine rings is 2. The van der Waals surface area contributed by atoms with E-state index < -0.39 is 18.0 Å². The van der Waals surface area contributed by atoms with Gasteiger partial charge in [0, 0.05) is 17.1 Å². The first kappa shape index (κ1) is 23.3. The number of alkyl halides is 3. The van der Waals surface area contributed by atoms with Gasteiger partial charge in [0.1, 0.15) is 11.4 Å². The third kappa shape index (κ3) is 5.90. The predicted octanol–water partition coefficient (Wildman–Crippen LogP) is 6.28. The summed E-state index contributed by atoms with van der Waals surface area (Å²) in [6, 6.07) is 18.2. The molecule has 2 aromatic carbocycles. The van der Waals surface area contributed by atoms with Crippen LogP contribution in [0.1, 0.15) is 27.3 Å². The van der Waals surface area contributed by atoms with E-state index in [1.807, 2.05) is 30.3 Å². The fraction of sp³-hybridized carbons (Fsp3) is 0.0800. The number of carbonyl (C=O) groups is 1. The fourth-order valence-electron chi connectivity index (χ4n) is 3.24. The molecule has 2 aromatic heterocycles. The van der Waals surface area contributed by atoms with Gasteiger partial charge in [-0.05, 0) is 35.9 Å². The molecular weight excluding hydrogens is 467 g/mol. The number of aromatic nitrogens is 2. The molecule has 172 valence electrons. The number of hydrogen-bond acceptors (Lipinski definition) is 4. The third-order valence-corrected chi connectivity index (χ3v) is 5.06. The zero-order valence-electron chi connectivity index (χ0n) is 17.5. The maximum absolute atomic E-state index is 12.9. The lowest BCUT2D eigenvalue weighted by Crippen LogP contribution is -2.24. The average Bonchev–Trinajstić information content (AvgIpc) is 2.81. The van der Waals surface area contributed by atoms with Crippen LogP contribution in [0.5, 0.6) is 5.75 Å². The van der Waals surface area contributed by atoms with Crippen LogP contribution in [0, 0.1) is 0 Å². The first-order chi connectivity index (χ1) is 16.3. The molecule has 0 saturated carbocycles. The van der Waals surface area contributed by atoms with Crippen LogP contribution in [0.4, 0.5) is 13.2 Å². The zero-order chi connectivity index (χ0) is 24.1. The second-order valence-corrected chi connectivity index (χ2v) is 7.60. The van der Waals surface area contributed by atoms with Gasteiger partial charge in [-0.2, -0.15) is 0 Å². The molecule has 4 rings (SSSR count). The highest BCUT2D eigenvalue weighted by Gasteiger charge is 2.31. The van der Waals surface area contributed by atoms with Crippen molar-refractivity contribution in [1.82, 2.24) is 15.3 Å². The number of hydrogen-bond donors (Lipinski definition) is 1. The van der Waals surface area contributed by atoms with Crippen LogP contribution in [0.3, 0.4) is 0 Å². The minimum Gasteiger partial charge on any atom is -0.406 e. The van der Waals surface area contributed by atoms with Crippen molar-refractivity contribution in [3.05, 3.63) is 100 Å². The Labute approximate surface area is 197 Å². The van der Waals surface area contributed by atoms with E-state index in [0.717, 1.165) is 11.6 Å². The number of halogens is 4. The van der Waals surface area contributed by atoms with Crippen molar-refractivity contribution in [1.29, 1.82) is 0 Å². The molecule has 0 aliphatic carbocycles. The lowest BCUT2D eigenvalue weighted by atomic mass is 10.1. The topological polar surface area (TPSA) is 64.1 Å². The number of ether oxygens (including phenoxy) is 1. The first-order valence-electron chi connectivity index (χ1n) is 10.1. The average molecular weight is 484 g/mol. The number of benzene rings is 2. The van der Waals surface area contributed by atoms with E-state index >= 15 is 0 Å². The summed E-state index contributed by atoms with van der Waals surface area (Å²) in [7, 11) is 0. The molecule has 0 radical (unpaired) electrons. The summed E-state index contributed by atoms with van der Waals surface area (Å²) < 4.78 is 42.7. The molecule has 2 heterocycles. The molecule has 0 aliphatic rings. The highest BCUT2D eigenvalue weighted by molar-refractivity contribution is 6.36. The molecule has 1 N–H and O–H groups in total. The molecule has 0 bridgehead atoms. The van der Waals surface area contributed by atoms with E-state index in [1.54, 1.807) is 36.5 Å². The Bertz CT molecular complexity index is 1340. The van der Waals surface area contributed by atoms with Crippen molar-refractivity contribution < 1.29 is 22.7 Å². The standard InChI is InChI=1S/C25H17ClF3N3O2/c26-21-14-22(24(33)31-15-18-8-4-5-11-30-18)32-23-17(10-9-16-6-2-1-3-7-16)12-19(13-20(21)23)34-25(27,28)29/h1-14H,15H2,(H,31,33). The van der Waals surface area contributed by atoms with Crippen LogP contribution >= 0.6 is 11.6 Å². The van der Waals surface area contributed by atoms with E-state index in [0.29, 0.717) is 11.3 Å². The van der Waals surface area contributed by atoms with Gasteiger partial charge in [-0.25, -0.2) is 4.98 Å². The molecule has 0 fully saturated rings. The van der Waals surface area contributed by atoms with Gasteiger partial charge in [0.25, 0.3) is 5.91 Å². The highest BCUT2D eigenvalue weighted by atomic mass is 35.5. The van der Waals surface area contributed by atoms with E-state index in [-0.39, 0.29) is 28.2 Å². The second-order valence-electron chi connectivity index (χ2n) is 7.19. The smallest absolute Gasteiger partial charge is 0.406 e. The van der Waals surface area contributed by atoms with Gasteiger partial charge in [0.15, 0.2) is 0 Å². The van der Waals surface area contributed by atoms with Crippen molar-refractivity contribution in [3.8, 4) is 5.75 Å². The molecule has 0 atom stereocenters. The molecule has 34 heavy (non-hydrogen) atoms. The first-order valence-corrected chi connectivity index (χ1v) is 10.5. The van der Waals surface area contributed by atoms with Crippen LogP contribution in [-0.2, 0) is 6.54 Å². The number of nitrogens with zero attached hydrogens (tertiary/aromatic N) is 2. The Morgan fingerprint density at radius 1 is 1.03 bits per heavy atom. The predicted molar refractivity (Wildman–Crippen MR) is 124 cm³/mol. The molecule has 4 aromatic rings. The van der Waals surface area contributed by atoms with Crippen LogP contribution in [0.25, 0.3) is 23.1 Å². The van der Waals surface area contributed by atoms with E-state index in [9.17, 15) is 18.0 Å². The van der Waals surface area contributed by atoms with Gasteiger partial charge in [0.05, 0.1) is 22.8 Å². The van der Waals surface area contributed by atoms with Gasteiger partial charge in [-0.15, -0.1) is 13.2 Å². The molecule has 9 heteroatoms. The summed E-state index contributed by atoms with van der Waals surface area (Å²) in [4.78, 5) is 21.2. The van der Waals surface area contributed by atoms with E-state index in [4.69, 9.17) is 11.6 Å². The molecule has 0 saturated heterocycles. The summed E-state index contributed by atoms with van der Waals surface area (Å²) in [6.07, 6.45) is 0.0488. The SMILES string of the molecule is O=C(NCc1ccccn1)c1cc(Cl)c2cc(OC(F)(F)F)cc(C=Cc3ccccc3)c2n1. The molecule has 0 unspecified atom stereocenters. The largest absolute Gasteiger partial charge is 0.573 e. The van der Waals surface area contributed by atoms with Crippen LogP contribution < -0.4 is 10.1 Å². The number of amides is 1. The Morgan fingerprint density at radius 3 is 2.50 bits per heavy atom.